The lowest BCUT2D eigenvalue weighted by Gasteiger charge is -2.08. The van der Waals surface area contributed by atoms with E-state index in [9.17, 15) is 15.0 Å². The molecule has 6 nitrogen and oxygen atoms in total. The molecule has 0 radical (unpaired) electrons. The number of benzene rings is 2. The Morgan fingerprint density at radius 2 is 1.96 bits per heavy atom. The number of carbonyl (C=O) groups is 1. The van der Waals surface area contributed by atoms with Crippen LogP contribution in [-0.2, 0) is 4.79 Å². The molecule has 0 saturated carbocycles. The summed E-state index contributed by atoms with van der Waals surface area (Å²) in [5.41, 5.74) is 2.91. The SMILES string of the molecule is C/C(=N/NC(=O)COc1ccc(Cl)cc1Cl)c1cc(O)ccc1O. The smallest absolute Gasteiger partial charge is 0.277 e. The number of ether oxygens (including phenoxy) is 1. The van der Waals surface area contributed by atoms with Crippen LogP contribution in [0, 0.1) is 0 Å². The summed E-state index contributed by atoms with van der Waals surface area (Å²) in [6.45, 7) is 1.27. The summed E-state index contributed by atoms with van der Waals surface area (Å²) >= 11 is 11.7. The van der Waals surface area contributed by atoms with E-state index in [0.717, 1.165) is 0 Å². The number of hydrogen-bond donors (Lipinski definition) is 3. The van der Waals surface area contributed by atoms with Crippen LogP contribution in [0.25, 0.3) is 0 Å². The van der Waals surface area contributed by atoms with Crippen LogP contribution in [0.1, 0.15) is 12.5 Å². The molecule has 0 aliphatic heterocycles. The summed E-state index contributed by atoms with van der Waals surface area (Å²) in [5, 5.41) is 23.8. The topological polar surface area (TPSA) is 91.2 Å². The number of rotatable bonds is 5. The van der Waals surface area contributed by atoms with Crippen LogP contribution in [0.5, 0.6) is 17.2 Å². The molecule has 2 aromatic carbocycles. The second kappa shape index (κ2) is 7.90. The Kier molecular flexibility index (Phi) is 5.89. The van der Waals surface area contributed by atoms with E-state index in [1.54, 1.807) is 19.1 Å². The lowest BCUT2D eigenvalue weighted by atomic mass is 10.1. The van der Waals surface area contributed by atoms with Gasteiger partial charge in [0.1, 0.15) is 17.2 Å². The van der Waals surface area contributed by atoms with Crippen molar-refractivity contribution in [1.82, 2.24) is 5.43 Å². The Morgan fingerprint density at radius 1 is 1.21 bits per heavy atom. The Bertz CT molecular complexity index is 794. The monoisotopic (exact) mass is 368 g/mol. The summed E-state index contributed by atoms with van der Waals surface area (Å²) < 4.78 is 5.27. The van der Waals surface area contributed by atoms with Gasteiger partial charge >= 0.3 is 0 Å². The molecule has 0 unspecified atom stereocenters. The molecule has 0 spiro atoms. The van der Waals surface area contributed by atoms with E-state index < -0.39 is 5.91 Å². The van der Waals surface area contributed by atoms with Crippen molar-refractivity contribution in [2.24, 2.45) is 5.10 Å². The zero-order valence-electron chi connectivity index (χ0n) is 12.6. The minimum Gasteiger partial charge on any atom is -0.508 e. The van der Waals surface area contributed by atoms with E-state index in [1.165, 1.54) is 24.3 Å². The Balaban J connectivity index is 1.95. The van der Waals surface area contributed by atoms with Crippen molar-refractivity contribution >= 4 is 34.8 Å². The Hall–Kier alpha value is -2.44. The molecule has 1 amide bonds. The maximum Gasteiger partial charge on any atom is 0.277 e. The van der Waals surface area contributed by atoms with Crippen LogP contribution in [0.3, 0.4) is 0 Å². The van der Waals surface area contributed by atoms with Gasteiger partial charge in [0.05, 0.1) is 10.7 Å². The van der Waals surface area contributed by atoms with Crippen molar-refractivity contribution in [3.8, 4) is 17.2 Å². The normalized spacial score (nSPS) is 11.2. The summed E-state index contributed by atoms with van der Waals surface area (Å²) in [4.78, 5) is 11.8. The zero-order chi connectivity index (χ0) is 17.7. The highest BCUT2D eigenvalue weighted by molar-refractivity contribution is 6.35. The second-order valence-corrected chi connectivity index (χ2v) is 5.64. The van der Waals surface area contributed by atoms with Crippen LogP contribution in [0.4, 0.5) is 0 Å². The predicted molar refractivity (Wildman–Crippen MR) is 92.1 cm³/mol. The largest absolute Gasteiger partial charge is 0.508 e. The third-order valence-corrected chi connectivity index (χ3v) is 3.50. The molecule has 0 bridgehead atoms. The zero-order valence-corrected chi connectivity index (χ0v) is 14.1. The number of halogens is 2. The lowest BCUT2D eigenvalue weighted by Crippen LogP contribution is -2.25. The average Bonchev–Trinajstić information content (AvgIpc) is 2.54. The molecule has 0 fully saturated rings. The standard InChI is InChI=1S/C16H14Cl2N2O4/c1-9(12-7-11(21)3-4-14(12)22)19-20-16(23)8-24-15-5-2-10(17)6-13(15)18/h2-7,21-22H,8H2,1H3,(H,20,23)/b19-9-. The van der Waals surface area contributed by atoms with Gasteiger partial charge in [0.25, 0.3) is 5.91 Å². The van der Waals surface area contributed by atoms with Gasteiger partial charge in [-0.05, 0) is 43.3 Å². The van der Waals surface area contributed by atoms with Gasteiger partial charge in [-0.15, -0.1) is 0 Å². The minimum atomic E-state index is -0.514. The van der Waals surface area contributed by atoms with Gasteiger partial charge in [0, 0.05) is 10.6 Å². The van der Waals surface area contributed by atoms with Crippen molar-refractivity contribution in [2.45, 2.75) is 6.92 Å². The molecule has 0 aliphatic rings. The average molecular weight is 369 g/mol. The lowest BCUT2D eigenvalue weighted by molar-refractivity contribution is -0.123. The fourth-order valence-corrected chi connectivity index (χ4v) is 2.25. The predicted octanol–water partition coefficient (Wildman–Crippen LogP) is 3.32. The van der Waals surface area contributed by atoms with E-state index in [4.69, 9.17) is 27.9 Å². The van der Waals surface area contributed by atoms with Crippen LogP contribution >= 0.6 is 23.2 Å². The first kappa shape index (κ1) is 17.9. The van der Waals surface area contributed by atoms with E-state index in [1.807, 2.05) is 0 Å². The molecule has 0 atom stereocenters. The summed E-state index contributed by atoms with van der Waals surface area (Å²) in [5.74, 6) is -0.278. The maximum atomic E-state index is 11.8. The van der Waals surface area contributed by atoms with E-state index >= 15 is 0 Å². The summed E-state index contributed by atoms with van der Waals surface area (Å²) in [6, 6.07) is 8.66. The molecule has 126 valence electrons. The third-order valence-electron chi connectivity index (χ3n) is 2.97. The Morgan fingerprint density at radius 3 is 2.67 bits per heavy atom. The molecule has 0 heterocycles. The molecule has 8 heteroatoms. The van der Waals surface area contributed by atoms with Crippen LogP contribution < -0.4 is 10.2 Å². The maximum absolute atomic E-state index is 11.8. The summed E-state index contributed by atoms with van der Waals surface area (Å²) in [6.07, 6.45) is 0. The van der Waals surface area contributed by atoms with E-state index in [2.05, 4.69) is 10.5 Å². The second-order valence-electron chi connectivity index (χ2n) is 4.80. The Labute approximate surface area is 148 Å². The first-order valence-electron chi connectivity index (χ1n) is 6.80. The van der Waals surface area contributed by atoms with Gasteiger partial charge in [0.15, 0.2) is 6.61 Å². The fourth-order valence-electron chi connectivity index (χ4n) is 1.79. The molecule has 24 heavy (non-hydrogen) atoms. The number of hydrogen-bond acceptors (Lipinski definition) is 5. The minimum absolute atomic E-state index is 0.0237. The summed E-state index contributed by atoms with van der Waals surface area (Å²) in [7, 11) is 0. The molecule has 0 saturated heterocycles. The number of nitrogens with one attached hydrogen (secondary N) is 1. The van der Waals surface area contributed by atoms with Gasteiger partial charge in [0.2, 0.25) is 0 Å². The van der Waals surface area contributed by atoms with Gasteiger partial charge in [-0.1, -0.05) is 23.2 Å². The number of aromatic hydroxyl groups is 2. The molecule has 0 aliphatic carbocycles. The van der Waals surface area contributed by atoms with Crippen LogP contribution in [0.2, 0.25) is 10.0 Å². The highest BCUT2D eigenvalue weighted by atomic mass is 35.5. The van der Waals surface area contributed by atoms with Crippen molar-refractivity contribution in [2.75, 3.05) is 6.61 Å². The first-order chi connectivity index (χ1) is 11.4. The highest BCUT2D eigenvalue weighted by Gasteiger charge is 2.08. The molecule has 2 aromatic rings. The van der Waals surface area contributed by atoms with Crippen molar-refractivity contribution in [1.29, 1.82) is 0 Å². The first-order valence-corrected chi connectivity index (χ1v) is 7.55. The van der Waals surface area contributed by atoms with E-state index in [0.29, 0.717) is 27.1 Å². The van der Waals surface area contributed by atoms with Crippen molar-refractivity contribution in [3.63, 3.8) is 0 Å². The van der Waals surface area contributed by atoms with Gasteiger partial charge in [-0.25, -0.2) is 5.43 Å². The number of amides is 1. The highest BCUT2D eigenvalue weighted by Crippen LogP contribution is 2.27. The number of phenolic OH excluding ortho intramolecular Hbond substituents is 2. The fraction of sp³-hybridized carbons (Fsp3) is 0.125. The molecule has 3 N–H and O–H groups in total. The van der Waals surface area contributed by atoms with Crippen LogP contribution in [0.15, 0.2) is 41.5 Å². The molecular weight excluding hydrogens is 355 g/mol. The molecule has 2 rings (SSSR count). The number of hydrazone groups is 1. The molecular formula is C16H14Cl2N2O4. The van der Waals surface area contributed by atoms with Gasteiger partial charge in [-0.3, -0.25) is 4.79 Å². The van der Waals surface area contributed by atoms with Crippen molar-refractivity contribution in [3.05, 3.63) is 52.0 Å². The number of phenols is 2. The van der Waals surface area contributed by atoms with Crippen molar-refractivity contribution < 1.29 is 19.7 Å². The number of carbonyl (C=O) groups excluding carboxylic acids is 1. The number of nitrogens with zero attached hydrogens (tertiary/aromatic N) is 1. The van der Waals surface area contributed by atoms with Gasteiger partial charge in [-0.2, -0.15) is 5.10 Å². The molecule has 0 aromatic heterocycles. The van der Waals surface area contributed by atoms with E-state index in [-0.39, 0.29) is 18.1 Å². The van der Waals surface area contributed by atoms with Gasteiger partial charge < -0.3 is 14.9 Å². The van der Waals surface area contributed by atoms with Crippen LogP contribution in [-0.4, -0.2) is 28.4 Å². The third kappa shape index (κ3) is 4.78. The quantitative estimate of drug-likeness (QED) is 0.428.